The Kier molecular flexibility index (Phi) is 5.18. The maximum atomic E-state index is 13.1. The van der Waals surface area contributed by atoms with Crippen LogP contribution in [0.1, 0.15) is 41.3 Å². The number of carbonyl (C=O) groups excluding carboxylic acids is 1. The van der Waals surface area contributed by atoms with Gasteiger partial charge in [0.2, 0.25) is 0 Å². The Morgan fingerprint density at radius 3 is 2.16 bits per heavy atom. The summed E-state index contributed by atoms with van der Waals surface area (Å²) in [6, 6.07) is 13.1. The van der Waals surface area contributed by atoms with E-state index in [1.54, 1.807) is 13.8 Å². The Labute approximate surface area is 144 Å². The second-order valence-electron chi connectivity index (χ2n) is 6.19. The van der Waals surface area contributed by atoms with E-state index < -0.39 is 29.2 Å². The van der Waals surface area contributed by atoms with Crippen LogP contribution in [0.5, 0.6) is 0 Å². The smallest absolute Gasteiger partial charge is 0.313 e. The van der Waals surface area contributed by atoms with Crippen molar-refractivity contribution in [3.63, 3.8) is 0 Å². The first kappa shape index (κ1) is 18.1. The van der Waals surface area contributed by atoms with Gasteiger partial charge >= 0.3 is 5.97 Å². The van der Waals surface area contributed by atoms with Gasteiger partial charge in [0.05, 0.1) is 17.2 Å². The Morgan fingerprint density at radius 2 is 1.68 bits per heavy atom. The molecule has 0 aliphatic rings. The number of carboxylic acid groups (broad SMARTS) is 1. The lowest BCUT2D eigenvalue weighted by atomic mass is 9.81. The zero-order valence-corrected chi connectivity index (χ0v) is 13.8. The number of benzene rings is 2. The van der Waals surface area contributed by atoms with Gasteiger partial charge in [-0.05, 0) is 55.8 Å². The Balaban J connectivity index is 2.27. The lowest BCUT2D eigenvalue weighted by Crippen LogP contribution is -2.50. The number of aliphatic carboxylic acids is 1. The first-order valence-electron chi connectivity index (χ1n) is 7.55. The molecule has 2 aromatic carbocycles. The number of nitriles is 1. The first-order valence-corrected chi connectivity index (χ1v) is 7.55. The molecule has 2 aromatic rings. The van der Waals surface area contributed by atoms with Gasteiger partial charge in [0.25, 0.3) is 5.91 Å². The van der Waals surface area contributed by atoms with Crippen molar-refractivity contribution in [2.24, 2.45) is 0 Å². The van der Waals surface area contributed by atoms with Crippen molar-refractivity contribution in [1.29, 1.82) is 5.26 Å². The topological polar surface area (TPSA) is 90.2 Å². The molecule has 0 heterocycles. The lowest BCUT2D eigenvalue weighted by Gasteiger charge is -2.33. The van der Waals surface area contributed by atoms with E-state index in [2.05, 4.69) is 5.32 Å². The quantitative estimate of drug-likeness (QED) is 0.875. The number of carbonyl (C=O) groups is 2. The summed E-state index contributed by atoms with van der Waals surface area (Å²) in [5.41, 5.74) is -0.00542. The average molecular weight is 340 g/mol. The van der Waals surface area contributed by atoms with Gasteiger partial charge in [0.15, 0.2) is 0 Å². The Bertz CT molecular complexity index is 821. The molecule has 0 bridgehead atoms. The highest BCUT2D eigenvalue weighted by molar-refractivity contribution is 5.95. The molecule has 1 amide bonds. The summed E-state index contributed by atoms with van der Waals surface area (Å²) in [4.78, 5) is 24.2. The fourth-order valence-electron chi connectivity index (χ4n) is 2.66. The first-order chi connectivity index (χ1) is 11.7. The fourth-order valence-corrected chi connectivity index (χ4v) is 2.66. The van der Waals surface area contributed by atoms with Crippen molar-refractivity contribution in [1.82, 2.24) is 5.32 Å². The third kappa shape index (κ3) is 4.21. The molecule has 0 aromatic heterocycles. The number of hydrogen-bond acceptors (Lipinski definition) is 3. The van der Waals surface area contributed by atoms with Crippen LogP contribution in [0.15, 0.2) is 48.5 Å². The molecule has 128 valence electrons. The molecule has 1 atom stereocenters. The number of nitrogens with one attached hydrogen (secondary N) is 1. The van der Waals surface area contributed by atoms with Gasteiger partial charge in [0, 0.05) is 5.56 Å². The van der Waals surface area contributed by atoms with Gasteiger partial charge in [-0.2, -0.15) is 5.26 Å². The zero-order chi connectivity index (χ0) is 18.6. The SMILES string of the molecule is CC(C)(NC(=O)c1ccc(C#N)cc1)C(C(=O)O)c1ccc(F)cc1. The van der Waals surface area contributed by atoms with Crippen LogP contribution in [0.3, 0.4) is 0 Å². The van der Waals surface area contributed by atoms with Crippen LogP contribution in [0, 0.1) is 17.1 Å². The Hall–Kier alpha value is -3.20. The van der Waals surface area contributed by atoms with Crippen molar-refractivity contribution in [2.45, 2.75) is 25.3 Å². The normalized spacial score (nSPS) is 12.1. The molecule has 0 saturated heterocycles. The second kappa shape index (κ2) is 7.14. The van der Waals surface area contributed by atoms with E-state index in [0.717, 1.165) is 0 Å². The minimum absolute atomic E-state index is 0.315. The predicted octanol–water partition coefficient (Wildman–Crippen LogP) is 3.07. The van der Waals surface area contributed by atoms with Crippen molar-refractivity contribution in [3.8, 4) is 6.07 Å². The molecule has 0 radical (unpaired) electrons. The molecule has 0 fully saturated rings. The highest BCUT2D eigenvalue weighted by atomic mass is 19.1. The van der Waals surface area contributed by atoms with E-state index in [1.807, 2.05) is 6.07 Å². The van der Waals surface area contributed by atoms with Gasteiger partial charge in [0.1, 0.15) is 11.7 Å². The van der Waals surface area contributed by atoms with Gasteiger partial charge in [-0.3, -0.25) is 9.59 Å². The van der Waals surface area contributed by atoms with Gasteiger partial charge in [-0.1, -0.05) is 12.1 Å². The molecule has 5 nitrogen and oxygen atoms in total. The monoisotopic (exact) mass is 340 g/mol. The van der Waals surface area contributed by atoms with Crippen LogP contribution in [0.2, 0.25) is 0 Å². The van der Waals surface area contributed by atoms with Crippen LogP contribution >= 0.6 is 0 Å². The molecule has 0 saturated carbocycles. The molecule has 2 rings (SSSR count). The molecular formula is C19H17FN2O3. The molecule has 0 spiro atoms. The predicted molar refractivity (Wildman–Crippen MR) is 89.5 cm³/mol. The third-order valence-electron chi connectivity index (χ3n) is 3.88. The van der Waals surface area contributed by atoms with Gasteiger partial charge in [-0.25, -0.2) is 4.39 Å². The summed E-state index contributed by atoms with van der Waals surface area (Å²) in [5, 5.41) is 21.1. The number of hydrogen-bond donors (Lipinski definition) is 2. The molecule has 0 aliphatic carbocycles. The summed E-state index contributed by atoms with van der Waals surface area (Å²) >= 11 is 0. The van der Waals surface area contributed by atoms with Crippen LogP contribution < -0.4 is 5.32 Å². The van der Waals surface area contributed by atoms with E-state index in [4.69, 9.17) is 5.26 Å². The van der Waals surface area contributed by atoms with Crippen molar-refractivity contribution in [3.05, 3.63) is 71.0 Å². The number of carboxylic acids is 1. The van der Waals surface area contributed by atoms with Crippen molar-refractivity contribution >= 4 is 11.9 Å². The summed E-state index contributed by atoms with van der Waals surface area (Å²) in [7, 11) is 0. The van der Waals surface area contributed by atoms with Crippen LogP contribution in [0.25, 0.3) is 0 Å². The molecule has 25 heavy (non-hydrogen) atoms. The minimum Gasteiger partial charge on any atom is -0.481 e. The lowest BCUT2D eigenvalue weighted by molar-refractivity contribution is -0.140. The molecule has 6 heteroatoms. The van der Waals surface area contributed by atoms with E-state index in [9.17, 15) is 19.1 Å². The van der Waals surface area contributed by atoms with E-state index in [1.165, 1.54) is 48.5 Å². The van der Waals surface area contributed by atoms with E-state index in [0.29, 0.717) is 16.7 Å². The van der Waals surface area contributed by atoms with Crippen molar-refractivity contribution in [2.75, 3.05) is 0 Å². The van der Waals surface area contributed by atoms with Crippen LogP contribution in [0.4, 0.5) is 4.39 Å². The highest BCUT2D eigenvalue weighted by Gasteiger charge is 2.38. The standard InChI is InChI=1S/C19H17FN2O3/c1-19(2,16(18(24)25)13-7-9-15(20)10-8-13)22-17(23)14-5-3-12(11-21)4-6-14/h3-10,16H,1-2H3,(H,22,23)(H,24,25). The van der Waals surface area contributed by atoms with Gasteiger partial charge in [-0.15, -0.1) is 0 Å². The number of amides is 1. The number of rotatable bonds is 5. The number of halogens is 1. The summed E-state index contributed by atoms with van der Waals surface area (Å²) in [6.45, 7) is 3.19. The highest BCUT2D eigenvalue weighted by Crippen LogP contribution is 2.29. The van der Waals surface area contributed by atoms with E-state index >= 15 is 0 Å². The largest absolute Gasteiger partial charge is 0.481 e. The number of nitrogens with zero attached hydrogens (tertiary/aromatic N) is 1. The Morgan fingerprint density at radius 1 is 1.12 bits per heavy atom. The fraction of sp³-hybridized carbons (Fsp3) is 0.211. The summed E-state index contributed by atoms with van der Waals surface area (Å²) < 4.78 is 13.1. The van der Waals surface area contributed by atoms with Crippen molar-refractivity contribution < 1.29 is 19.1 Å². The average Bonchev–Trinajstić information content (AvgIpc) is 2.56. The van der Waals surface area contributed by atoms with E-state index in [-0.39, 0.29) is 0 Å². The molecule has 2 N–H and O–H groups in total. The summed E-state index contributed by atoms with van der Waals surface area (Å²) in [5.74, 6) is -3.11. The zero-order valence-electron chi connectivity index (χ0n) is 13.8. The maximum Gasteiger partial charge on any atom is 0.313 e. The molecule has 1 unspecified atom stereocenters. The summed E-state index contributed by atoms with van der Waals surface area (Å²) in [6.07, 6.45) is 0. The minimum atomic E-state index is -1.13. The second-order valence-corrected chi connectivity index (χ2v) is 6.19. The maximum absolute atomic E-state index is 13.1. The third-order valence-corrected chi connectivity index (χ3v) is 3.88. The van der Waals surface area contributed by atoms with Crippen LogP contribution in [-0.2, 0) is 4.79 Å². The van der Waals surface area contributed by atoms with Crippen LogP contribution in [-0.4, -0.2) is 22.5 Å². The molecule has 0 aliphatic heterocycles. The van der Waals surface area contributed by atoms with Gasteiger partial charge < -0.3 is 10.4 Å². The molecular weight excluding hydrogens is 323 g/mol.